The molecule has 0 bridgehead atoms. The summed E-state index contributed by atoms with van der Waals surface area (Å²) in [7, 11) is 0. The van der Waals surface area contributed by atoms with Gasteiger partial charge in [0.15, 0.2) is 0 Å². The molecule has 0 saturated carbocycles. The standard InChI is InChI=1S/C16H22N2O3/c1-2-12-7-9-18(10-8-12)16(21)17-11-13-3-5-14(6-4-13)15(19)20/h3-6,12H,2,7-11H2,1H3,(H,17,21)(H,19,20). The van der Waals surface area contributed by atoms with Crippen LogP contribution in [0.4, 0.5) is 4.79 Å². The number of hydrogen-bond donors (Lipinski definition) is 2. The highest BCUT2D eigenvalue weighted by Crippen LogP contribution is 2.19. The summed E-state index contributed by atoms with van der Waals surface area (Å²) in [6, 6.07) is 6.53. The van der Waals surface area contributed by atoms with Crippen LogP contribution in [-0.2, 0) is 6.54 Å². The molecule has 1 saturated heterocycles. The summed E-state index contributed by atoms with van der Waals surface area (Å²) in [4.78, 5) is 24.7. The molecule has 1 aromatic carbocycles. The highest BCUT2D eigenvalue weighted by Gasteiger charge is 2.21. The number of benzene rings is 1. The predicted molar refractivity (Wildman–Crippen MR) is 80.2 cm³/mol. The van der Waals surface area contributed by atoms with Crippen molar-refractivity contribution < 1.29 is 14.7 Å². The molecule has 2 rings (SSSR count). The van der Waals surface area contributed by atoms with Gasteiger partial charge in [-0.25, -0.2) is 9.59 Å². The second-order valence-corrected chi connectivity index (χ2v) is 5.50. The normalized spacial score (nSPS) is 15.8. The number of nitrogens with one attached hydrogen (secondary N) is 1. The lowest BCUT2D eigenvalue weighted by molar-refractivity contribution is 0.0697. The van der Waals surface area contributed by atoms with Crippen LogP contribution in [0.2, 0.25) is 0 Å². The number of likely N-dealkylation sites (tertiary alicyclic amines) is 1. The van der Waals surface area contributed by atoms with E-state index in [1.807, 2.05) is 4.90 Å². The summed E-state index contributed by atoms with van der Waals surface area (Å²) >= 11 is 0. The van der Waals surface area contributed by atoms with Crippen molar-refractivity contribution in [1.82, 2.24) is 10.2 Å². The molecule has 0 spiro atoms. The largest absolute Gasteiger partial charge is 0.478 e. The zero-order valence-electron chi connectivity index (χ0n) is 12.3. The van der Waals surface area contributed by atoms with Gasteiger partial charge in [-0.2, -0.15) is 0 Å². The number of aromatic carboxylic acids is 1. The molecule has 0 unspecified atom stereocenters. The van der Waals surface area contributed by atoms with Crippen molar-refractivity contribution in [1.29, 1.82) is 0 Å². The van der Waals surface area contributed by atoms with E-state index in [1.165, 1.54) is 6.42 Å². The van der Waals surface area contributed by atoms with Crippen LogP contribution in [0.3, 0.4) is 0 Å². The Balaban J connectivity index is 1.80. The van der Waals surface area contributed by atoms with Gasteiger partial charge in [0.2, 0.25) is 0 Å². The monoisotopic (exact) mass is 290 g/mol. The molecule has 0 atom stereocenters. The summed E-state index contributed by atoms with van der Waals surface area (Å²) < 4.78 is 0. The smallest absolute Gasteiger partial charge is 0.335 e. The number of carbonyl (C=O) groups is 2. The Hall–Kier alpha value is -2.04. The summed E-state index contributed by atoms with van der Waals surface area (Å²) in [5, 5.41) is 11.7. The summed E-state index contributed by atoms with van der Waals surface area (Å²) in [6.45, 7) is 4.26. The maximum Gasteiger partial charge on any atom is 0.335 e. The van der Waals surface area contributed by atoms with Crippen LogP contribution in [0.15, 0.2) is 24.3 Å². The number of piperidine rings is 1. The summed E-state index contributed by atoms with van der Waals surface area (Å²) in [6.07, 6.45) is 3.35. The molecule has 5 heteroatoms. The molecule has 1 fully saturated rings. The van der Waals surface area contributed by atoms with Gasteiger partial charge in [-0.05, 0) is 36.5 Å². The molecule has 0 radical (unpaired) electrons. The Bertz CT molecular complexity index is 491. The van der Waals surface area contributed by atoms with E-state index in [4.69, 9.17) is 5.11 Å². The highest BCUT2D eigenvalue weighted by atomic mass is 16.4. The van der Waals surface area contributed by atoms with Gasteiger partial charge in [0.25, 0.3) is 0 Å². The number of hydrogen-bond acceptors (Lipinski definition) is 2. The number of urea groups is 1. The third kappa shape index (κ3) is 4.21. The van der Waals surface area contributed by atoms with E-state index in [0.717, 1.165) is 37.4 Å². The van der Waals surface area contributed by atoms with E-state index in [0.29, 0.717) is 6.54 Å². The fourth-order valence-electron chi connectivity index (χ4n) is 2.60. The SMILES string of the molecule is CCC1CCN(C(=O)NCc2ccc(C(=O)O)cc2)CC1. The van der Waals surface area contributed by atoms with Crippen LogP contribution in [0, 0.1) is 5.92 Å². The second-order valence-electron chi connectivity index (χ2n) is 5.50. The predicted octanol–water partition coefficient (Wildman–Crippen LogP) is 2.72. The lowest BCUT2D eigenvalue weighted by Gasteiger charge is -2.31. The Morgan fingerprint density at radius 2 is 1.86 bits per heavy atom. The fraction of sp³-hybridized carbons (Fsp3) is 0.500. The number of carboxylic acid groups (broad SMARTS) is 1. The van der Waals surface area contributed by atoms with Crippen molar-refractivity contribution in [3.8, 4) is 0 Å². The van der Waals surface area contributed by atoms with E-state index in [-0.39, 0.29) is 11.6 Å². The second kappa shape index (κ2) is 7.11. The van der Waals surface area contributed by atoms with Crippen LogP contribution >= 0.6 is 0 Å². The van der Waals surface area contributed by atoms with Crippen molar-refractivity contribution >= 4 is 12.0 Å². The van der Waals surface area contributed by atoms with Gasteiger partial charge in [-0.1, -0.05) is 25.5 Å². The molecule has 1 heterocycles. The molecule has 114 valence electrons. The lowest BCUT2D eigenvalue weighted by atomic mass is 9.95. The maximum atomic E-state index is 12.1. The Morgan fingerprint density at radius 1 is 1.24 bits per heavy atom. The maximum absolute atomic E-state index is 12.1. The molecule has 1 aliphatic rings. The topological polar surface area (TPSA) is 69.6 Å². The van der Waals surface area contributed by atoms with Gasteiger partial charge in [-0.15, -0.1) is 0 Å². The zero-order valence-corrected chi connectivity index (χ0v) is 12.3. The Kier molecular flexibility index (Phi) is 5.20. The third-order valence-corrected chi connectivity index (χ3v) is 4.12. The van der Waals surface area contributed by atoms with Gasteiger partial charge < -0.3 is 15.3 Å². The first kappa shape index (κ1) is 15.4. The average Bonchev–Trinajstić information content (AvgIpc) is 2.53. The quantitative estimate of drug-likeness (QED) is 0.895. The van der Waals surface area contributed by atoms with Crippen molar-refractivity contribution in [2.24, 2.45) is 5.92 Å². The fourth-order valence-corrected chi connectivity index (χ4v) is 2.60. The molecular formula is C16H22N2O3. The molecule has 1 aliphatic heterocycles. The minimum absolute atomic E-state index is 0.0353. The molecule has 0 aliphatic carbocycles. The minimum atomic E-state index is -0.940. The van der Waals surface area contributed by atoms with E-state index in [9.17, 15) is 9.59 Å². The summed E-state index contributed by atoms with van der Waals surface area (Å²) in [5.41, 5.74) is 1.16. The Labute approximate surface area is 125 Å². The molecule has 1 aromatic rings. The van der Waals surface area contributed by atoms with Crippen LogP contribution in [0.25, 0.3) is 0 Å². The van der Waals surface area contributed by atoms with E-state index in [2.05, 4.69) is 12.2 Å². The van der Waals surface area contributed by atoms with Gasteiger partial charge in [0, 0.05) is 19.6 Å². The molecule has 5 nitrogen and oxygen atoms in total. The van der Waals surface area contributed by atoms with Crippen molar-refractivity contribution in [2.45, 2.75) is 32.7 Å². The molecule has 2 N–H and O–H groups in total. The molecular weight excluding hydrogens is 268 g/mol. The van der Waals surface area contributed by atoms with Gasteiger partial charge >= 0.3 is 12.0 Å². The zero-order chi connectivity index (χ0) is 15.2. The van der Waals surface area contributed by atoms with Crippen LogP contribution in [-0.4, -0.2) is 35.1 Å². The Morgan fingerprint density at radius 3 is 2.38 bits per heavy atom. The summed E-state index contributed by atoms with van der Waals surface area (Å²) in [5.74, 6) is -0.193. The van der Waals surface area contributed by atoms with E-state index >= 15 is 0 Å². The van der Waals surface area contributed by atoms with Crippen LogP contribution in [0.1, 0.15) is 42.1 Å². The first-order valence-corrected chi connectivity index (χ1v) is 7.45. The van der Waals surface area contributed by atoms with Crippen molar-refractivity contribution in [3.63, 3.8) is 0 Å². The first-order valence-electron chi connectivity index (χ1n) is 7.45. The van der Waals surface area contributed by atoms with Crippen LogP contribution < -0.4 is 5.32 Å². The molecule has 0 aromatic heterocycles. The van der Waals surface area contributed by atoms with E-state index in [1.54, 1.807) is 24.3 Å². The van der Waals surface area contributed by atoms with E-state index < -0.39 is 5.97 Å². The highest BCUT2D eigenvalue weighted by molar-refractivity contribution is 5.87. The van der Waals surface area contributed by atoms with Crippen molar-refractivity contribution in [2.75, 3.05) is 13.1 Å². The third-order valence-electron chi connectivity index (χ3n) is 4.12. The number of carboxylic acids is 1. The number of nitrogens with zero attached hydrogens (tertiary/aromatic N) is 1. The van der Waals surface area contributed by atoms with Gasteiger partial charge in [0.05, 0.1) is 5.56 Å². The lowest BCUT2D eigenvalue weighted by Crippen LogP contribution is -2.44. The number of carbonyl (C=O) groups excluding carboxylic acids is 1. The number of rotatable bonds is 4. The minimum Gasteiger partial charge on any atom is -0.478 e. The number of amides is 2. The average molecular weight is 290 g/mol. The van der Waals surface area contributed by atoms with Crippen LogP contribution in [0.5, 0.6) is 0 Å². The molecule has 21 heavy (non-hydrogen) atoms. The van der Waals surface area contributed by atoms with Gasteiger partial charge in [0.1, 0.15) is 0 Å². The molecule has 2 amide bonds. The van der Waals surface area contributed by atoms with Gasteiger partial charge in [-0.3, -0.25) is 0 Å². The first-order chi connectivity index (χ1) is 10.1. The van der Waals surface area contributed by atoms with Crippen molar-refractivity contribution in [3.05, 3.63) is 35.4 Å².